The van der Waals surface area contributed by atoms with Crippen molar-refractivity contribution in [3.05, 3.63) is 71.8 Å². The second-order valence-electron chi connectivity index (χ2n) is 20.4. The molecule has 1 amide bonds. The van der Waals surface area contributed by atoms with Gasteiger partial charge in [0.1, 0.15) is 30.1 Å². The lowest BCUT2D eigenvalue weighted by Gasteiger charge is -2.47. The lowest BCUT2D eigenvalue weighted by Crippen LogP contribution is -2.64. The Morgan fingerprint density at radius 3 is 2.17 bits per heavy atom. The van der Waals surface area contributed by atoms with Crippen LogP contribution in [0.5, 0.6) is 0 Å². The third-order valence-corrected chi connectivity index (χ3v) is 15.3. The van der Waals surface area contributed by atoms with Crippen molar-refractivity contribution in [2.75, 3.05) is 35.0 Å². The van der Waals surface area contributed by atoms with Gasteiger partial charge in [-0.05, 0) is 95.5 Å². The molecular formula is C54H76F3NO14. The second-order valence-corrected chi connectivity index (χ2v) is 20.4. The van der Waals surface area contributed by atoms with Gasteiger partial charge in [-0.2, -0.15) is 13.2 Å². The predicted octanol–water partition coefficient (Wildman–Crippen LogP) is 7.29. The first kappa shape index (κ1) is 58.6. The number of hydrogen-bond donors (Lipinski definition) is 2. The molecule has 15 atom stereocenters. The molecule has 18 heteroatoms. The van der Waals surface area contributed by atoms with E-state index in [1.54, 1.807) is 26.8 Å². The molecule has 72 heavy (non-hydrogen) atoms. The van der Waals surface area contributed by atoms with Gasteiger partial charge in [0.25, 0.3) is 17.3 Å². The van der Waals surface area contributed by atoms with E-state index in [1.165, 1.54) is 39.5 Å². The summed E-state index contributed by atoms with van der Waals surface area (Å²) in [6, 6.07) is 5.22. The predicted molar refractivity (Wildman–Crippen MR) is 258 cm³/mol. The Balaban J connectivity index is 1.49. The summed E-state index contributed by atoms with van der Waals surface area (Å²) in [5.41, 5.74) is -2.51. The number of benzene rings is 1. The van der Waals surface area contributed by atoms with Crippen molar-refractivity contribution in [3.63, 3.8) is 0 Å². The number of esters is 2. The maximum Gasteiger partial charge on any atom is 0.432 e. The normalized spacial score (nSPS) is 35.9. The zero-order valence-corrected chi connectivity index (χ0v) is 43.2. The smallest absolute Gasteiger partial charge is 0.432 e. The molecule has 3 fully saturated rings. The summed E-state index contributed by atoms with van der Waals surface area (Å²) in [5, 5.41) is 24.0. The minimum atomic E-state index is -5.18. The van der Waals surface area contributed by atoms with E-state index >= 15 is 0 Å². The molecule has 0 spiro atoms. The Labute approximate surface area is 421 Å². The number of fused-ring (bicyclic) bond motifs is 3. The van der Waals surface area contributed by atoms with Crippen molar-refractivity contribution in [1.29, 1.82) is 0 Å². The fourth-order valence-electron chi connectivity index (χ4n) is 11.1. The number of halogens is 3. The molecule has 15 unspecified atom stereocenters. The molecule has 402 valence electrons. The van der Waals surface area contributed by atoms with Crippen LogP contribution in [0.2, 0.25) is 0 Å². The summed E-state index contributed by atoms with van der Waals surface area (Å²) in [6.07, 6.45) is -3.99. The van der Waals surface area contributed by atoms with Crippen LogP contribution in [-0.4, -0.2) is 140 Å². The van der Waals surface area contributed by atoms with Gasteiger partial charge >= 0.3 is 18.1 Å². The van der Waals surface area contributed by atoms with E-state index in [-0.39, 0.29) is 56.3 Å². The van der Waals surface area contributed by atoms with Crippen LogP contribution in [0.3, 0.4) is 0 Å². The van der Waals surface area contributed by atoms with Crippen LogP contribution in [0.1, 0.15) is 111 Å². The van der Waals surface area contributed by atoms with Gasteiger partial charge < -0.3 is 48.3 Å². The average Bonchev–Trinajstić information content (AvgIpc) is 3.34. The summed E-state index contributed by atoms with van der Waals surface area (Å²) in [5.74, 6) is -10.6. The fourth-order valence-corrected chi connectivity index (χ4v) is 11.1. The number of carbonyl (C=O) groups is 5. The van der Waals surface area contributed by atoms with E-state index < -0.39 is 113 Å². The monoisotopic (exact) mass is 1020 g/mol. The van der Waals surface area contributed by atoms with Gasteiger partial charge in [-0.1, -0.05) is 74.9 Å². The first-order valence-electron chi connectivity index (χ1n) is 25.1. The summed E-state index contributed by atoms with van der Waals surface area (Å²) in [7, 11) is 5.13. The summed E-state index contributed by atoms with van der Waals surface area (Å²) in [6.45, 7) is 12.7. The number of aliphatic hydroxyl groups excluding tert-OH is 1. The number of nitrogens with zero attached hydrogens (tertiary/aromatic N) is 1. The van der Waals surface area contributed by atoms with Gasteiger partial charge in [-0.25, -0.2) is 9.59 Å². The van der Waals surface area contributed by atoms with Crippen molar-refractivity contribution in [2.45, 2.75) is 172 Å². The number of rotatable bonds is 11. The number of Topliss-reactive ketones (excluding diaryl/α,β-unsaturated/α-hetero) is 2. The zero-order valence-electron chi connectivity index (χ0n) is 43.2. The highest BCUT2D eigenvalue weighted by Crippen LogP contribution is 2.45. The van der Waals surface area contributed by atoms with Gasteiger partial charge in [-0.15, -0.1) is 6.58 Å². The number of carbonyl (C=O) groups excluding carboxylic acids is 5. The van der Waals surface area contributed by atoms with Crippen molar-refractivity contribution in [3.8, 4) is 0 Å². The Hall–Kier alpha value is -4.30. The van der Waals surface area contributed by atoms with Crippen LogP contribution < -0.4 is 0 Å². The molecule has 2 saturated heterocycles. The molecule has 2 bridgehead atoms. The van der Waals surface area contributed by atoms with E-state index in [2.05, 4.69) is 6.58 Å². The van der Waals surface area contributed by atoms with Crippen molar-refractivity contribution in [2.24, 2.45) is 29.6 Å². The summed E-state index contributed by atoms with van der Waals surface area (Å²) >= 11 is 0. The lowest BCUT2D eigenvalue weighted by atomic mass is 9.81. The number of aliphatic hydroxyl groups is 2. The van der Waals surface area contributed by atoms with E-state index in [1.807, 2.05) is 26.0 Å². The minimum Gasteiger partial charge on any atom is -0.457 e. The molecule has 0 radical (unpaired) electrons. The van der Waals surface area contributed by atoms with Gasteiger partial charge in [0.2, 0.25) is 5.79 Å². The number of alkyl halides is 3. The number of cyclic esters (lactones) is 1. The number of ketones is 2. The van der Waals surface area contributed by atoms with E-state index in [0.29, 0.717) is 44.1 Å². The fraction of sp³-hybridized carbons (Fsp3) is 0.685. The van der Waals surface area contributed by atoms with Crippen LogP contribution in [-0.2, 0) is 62.7 Å². The minimum absolute atomic E-state index is 0.00755. The molecule has 4 aliphatic rings. The Morgan fingerprint density at radius 1 is 0.903 bits per heavy atom. The molecule has 1 aromatic rings. The Morgan fingerprint density at radius 2 is 1.56 bits per heavy atom. The zero-order chi connectivity index (χ0) is 53.3. The average molecular weight is 1020 g/mol. The molecule has 1 saturated carbocycles. The highest BCUT2D eigenvalue weighted by atomic mass is 19.4. The van der Waals surface area contributed by atoms with Crippen molar-refractivity contribution < 1.29 is 80.5 Å². The second kappa shape index (κ2) is 25.3. The van der Waals surface area contributed by atoms with Gasteiger partial charge in [0, 0.05) is 64.7 Å². The first-order valence-corrected chi connectivity index (χ1v) is 25.1. The number of ether oxygens (including phenoxy) is 7. The number of methoxy groups -OCH3 is 4. The van der Waals surface area contributed by atoms with Crippen molar-refractivity contribution in [1.82, 2.24) is 4.90 Å². The van der Waals surface area contributed by atoms with E-state index in [0.717, 1.165) is 29.7 Å². The number of amides is 1. The van der Waals surface area contributed by atoms with Crippen LogP contribution in [0.25, 0.3) is 0 Å². The van der Waals surface area contributed by atoms with Crippen molar-refractivity contribution >= 4 is 29.4 Å². The number of allylic oxidation sites excluding steroid dienone is 4. The summed E-state index contributed by atoms with van der Waals surface area (Å²) in [4.78, 5) is 72.2. The third kappa shape index (κ3) is 13.0. The molecule has 15 nitrogen and oxygen atoms in total. The number of piperidine rings is 1. The maximum absolute atomic E-state index is 14.8. The Kier molecular flexibility index (Phi) is 20.6. The molecule has 2 N–H and O–H groups in total. The molecule has 3 heterocycles. The van der Waals surface area contributed by atoms with E-state index in [9.17, 15) is 47.4 Å². The Bertz CT molecular complexity index is 2120. The maximum atomic E-state index is 14.8. The van der Waals surface area contributed by atoms with Crippen LogP contribution in [0.15, 0.2) is 66.3 Å². The highest BCUT2D eigenvalue weighted by molar-refractivity contribution is 6.39. The quantitative estimate of drug-likeness (QED) is 0.127. The van der Waals surface area contributed by atoms with Gasteiger partial charge in [0.05, 0.1) is 24.4 Å². The van der Waals surface area contributed by atoms with Gasteiger partial charge in [0.15, 0.2) is 0 Å². The van der Waals surface area contributed by atoms with Crippen LogP contribution >= 0.6 is 0 Å². The van der Waals surface area contributed by atoms with E-state index in [4.69, 9.17) is 33.2 Å². The first-order chi connectivity index (χ1) is 34.0. The molecule has 1 aromatic carbocycles. The SMILES string of the molecule is C=CCC1/C=C(/C)CC(C)CC(OC)C2OC(O)(C(=O)C(=O)N3CCCCC3C(=O)OC(/C(C)=C/C3CCC(OC(=O)C(OC)(c4ccccc4)C(F)(F)F)C(OC)C3)C(C)C(O)CC1=O)C(C)CC2OC. The molecule has 5 rings (SSSR count). The third-order valence-electron chi connectivity index (χ3n) is 15.3. The van der Waals surface area contributed by atoms with Crippen LogP contribution in [0, 0.1) is 29.6 Å². The van der Waals surface area contributed by atoms with Gasteiger partial charge in [-0.3, -0.25) is 14.4 Å². The highest BCUT2D eigenvalue weighted by Gasteiger charge is 2.65. The largest absolute Gasteiger partial charge is 0.457 e. The number of hydrogen-bond acceptors (Lipinski definition) is 14. The molecule has 0 aromatic heterocycles. The van der Waals surface area contributed by atoms with Crippen LogP contribution in [0.4, 0.5) is 13.2 Å². The molecule has 3 aliphatic heterocycles. The molecule has 1 aliphatic carbocycles. The summed E-state index contributed by atoms with van der Waals surface area (Å²) < 4.78 is 84.8. The molecular weight excluding hydrogens is 944 g/mol. The lowest BCUT2D eigenvalue weighted by molar-refractivity contribution is -0.302. The standard InChI is InChI=1S/C54H76F3NO14/c1-11-17-37-25-31(2)24-32(3)26-44(67-8)47-45(68-9)28-34(5)53(65,72-47)48(61)49(62)58-23-16-15-20-39(58)50(63)71-46(35(6)40(59)30-41(37)60)33(4)27-36-21-22-42(43(29-36)66-7)70-51(64)52(69-10,54(55,56)57)38-18-13-12-14-19-38/h11-14,18-19,25,27,32,34-37,39-40,42-47,59,65H,1,15-17,20-24,26,28-30H2,2-10H3/b31-25-,33-27+. The topological polar surface area (TPSA) is 194 Å².